The standard InChI is InChI=1S/C20H31ClFN3O3/c1-19(2,27)12-5-7-13(8-6-12)25-15-9-17(21)23-10-14(15)18(26)24-11-16(22)20(3,4)28/h9-10,12-13,16,27-28H,5-8,11H2,1-4H3,(H,23,25)(H,24,26)/t12?,13?,16-/m1/s1. The highest BCUT2D eigenvalue weighted by Gasteiger charge is 2.32. The van der Waals surface area contributed by atoms with E-state index in [0.717, 1.165) is 25.7 Å². The van der Waals surface area contributed by atoms with Gasteiger partial charge in [-0.25, -0.2) is 9.37 Å². The number of nitrogens with one attached hydrogen (secondary N) is 2. The fourth-order valence-corrected chi connectivity index (χ4v) is 3.58. The zero-order valence-electron chi connectivity index (χ0n) is 16.9. The summed E-state index contributed by atoms with van der Waals surface area (Å²) in [7, 11) is 0. The van der Waals surface area contributed by atoms with E-state index in [2.05, 4.69) is 15.6 Å². The van der Waals surface area contributed by atoms with Crippen LogP contribution in [0.1, 0.15) is 63.7 Å². The molecule has 8 heteroatoms. The Morgan fingerprint density at radius 1 is 1.29 bits per heavy atom. The molecule has 2 rings (SSSR count). The average Bonchev–Trinajstić information content (AvgIpc) is 2.58. The second-order valence-electron chi connectivity index (χ2n) is 8.73. The molecule has 1 heterocycles. The molecule has 1 aliphatic carbocycles. The molecule has 1 aliphatic rings. The summed E-state index contributed by atoms with van der Waals surface area (Å²) in [4.78, 5) is 16.5. The summed E-state index contributed by atoms with van der Waals surface area (Å²) in [5.41, 5.74) is -1.41. The maximum absolute atomic E-state index is 13.9. The SMILES string of the molecule is CC(C)(O)C1CCC(Nc2cc(Cl)ncc2C(=O)NC[C@@H](F)C(C)(C)O)CC1. The molecule has 0 radical (unpaired) electrons. The first-order chi connectivity index (χ1) is 12.9. The zero-order chi connectivity index (χ0) is 21.1. The molecule has 4 N–H and O–H groups in total. The lowest BCUT2D eigenvalue weighted by Gasteiger charge is -2.36. The van der Waals surface area contributed by atoms with Crippen LogP contribution in [0.2, 0.25) is 5.15 Å². The van der Waals surface area contributed by atoms with E-state index in [1.807, 2.05) is 13.8 Å². The monoisotopic (exact) mass is 415 g/mol. The fraction of sp³-hybridized carbons (Fsp3) is 0.700. The van der Waals surface area contributed by atoms with E-state index in [1.54, 1.807) is 6.07 Å². The number of anilines is 1. The van der Waals surface area contributed by atoms with Crippen LogP contribution < -0.4 is 10.6 Å². The van der Waals surface area contributed by atoms with Gasteiger partial charge < -0.3 is 20.8 Å². The lowest BCUT2D eigenvalue weighted by molar-refractivity contribution is -0.00183. The van der Waals surface area contributed by atoms with E-state index in [9.17, 15) is 19.4 Å². The molecule has 0 bridgehead atoms. The van der Waals surface area contributed by atoms with Gasteiger partial charge in [-0.3, -0.25) is 4.79 Å². The number of carbonyl (C=O) groups is 1. The molecule has 1 saturated carbocycles. The summed E-state index contributed by atoms with van der Waals surface area (Å²) in [5.74, 6) is -0.235. The number of carbonyl (C=O) groups excluding carboxylic acids is 1. The van der Waals surface area contributed by atoms with Crippen molar-refractivity contribution in [2.24, 2.45) is 5.92 Å². The number of hydrogen-bond donors (Lipinski definition) is 4. The van der Waals surface area contributed by atoms with Gasteiger partial charge in [-0.05, 0) is 65.4 Å². The van der Waals surface area contributed by atoms with Crippen LogP contribution in [0.15, 0.2) is 12.3 Å². The molecular weight excluding hydrogens is 385 g/mol. The average molecular weight is 416 g/mol. The maximum Gasteiger partial charge on any atom is 0.255 e. The molecular formula is C20H31ClFN3O3. The molecule has 0 aliphatic heterocycles. The number of alkyl halides is 1. The minimum absolute atomic E-state index is 0.147. The molecule has 1 fully saturated rings. The number of aliphatic hydroxyl groups is 2. The first-order valence-electron chi connectivity index (χ1n) is 9.67. The molecule has 0 unspecified atom stereocenters. The van der Waals surface area contributed by atoms with Gasteiger partial charge in [0.1, 0.15) is 11.3 Å². The summed E-state index contributed by atoms with van der Waals surface area (Å²) in [6.45, 7) is 6.07. The van der Waals surface area contributed by atoms with Crippen LogP contribution in [0.3, 0.4) is 0 Å². The molecule has 0 aromatic carbocycles. The molecule has 1 atom stereocenters. The van der Waals surface area contributed by atoms with E-state index in [1.165, 1.54) is 20.0 Å². The molecule has 28 heavy (non-hydrogen) atoms. The largest absolute Gasteiger partial charge is 0.390 e. The van der Waals surface area contributed by atoms with Gasteiger partial charge in [0.25, 0.3) is 5.91 Å². The van der Waals surface area contributed by atoms with Crippen molar-refractivity contribution in [3.63, 3.8) is 0 Å². The van der Waals surface area contributed by atoms with Crippen LogP contribution in [-0.2, 0) is 0 Å². The van der Waals surface area contributed by atoms with Gasteiger partial charge in [0, 0.05) is 12.2 Å². The first kappa shape index (κ1) is 22.8. The molecule has 158 valence electrons. The number of nitrogens with zero attached hydrogens (tertiary/aromatic N) is 1. The topological polar surface area (TPSA) is 94.5 Å². The van der Waals surface area contributed by atoms with E-state index < -0.39 is 23.3 Å². The van der Waals surface area contributed by atoms with E-state index in [-0.39, 0.29) is 29.2 Å². The van der Waals surface area contributed by atoms with Crippen LogP contribution in [0.5, 0.6) is 0 Å². The predicted molar refractivity (Wildman–Crippen MR) is 108 cm³/mol. The molecule has 6 nitrogen and oxygen atoms in total. The maximum atomic E-state index is 13.9. The summed E-state index contributed by atoms with van der Waals surface area (Å²) in [6, 6.07) is 1.73. The number of rotatable bonds is 7. The molecule has 0 spiro atoms. The van der Waals surface area contributed by atoms with Gasteiger partial charge >= 0.3 is 0 Å². The highest BCUT2D eigenvalue weighted by molar-refractivity contribution is 6.29. The Balaban J connectivity index is 2.03. The van der Waals surface area contributed by atoms with Crippen LogP contribution >= 0.6 is 11.6 Å². The number of hydrogen-bond acceptors (Lipinski definition) is 5. The van der Waals surface area contributed by atoms with Crippen molar-refractivity contribution in [1.82, 2.24) is 10.3 Å². The normalized spacial score (nSPS) is 21.9. The Hall–Kier alpha value is -1.44. The number of aromatic nitrogens is 1. The molecule has 1 aromatic heterocycles. The van der Waals surface area contributed by atoms with Crippen LogP contribution in [-0.4, -0.2) is 51.1 Å². The van der Waals surface area contributed by atoms with Crippen molar-refractivity contribution >= 4 is 23.2 Å². The van der Waals surface area contributed by atoms with E-state index >= 15 is 0 Å². The Morgan fingerprint density at radius 3 is 2.43 bits per heavy atom. The van der Waals surface area contributed by atoms with Gasteiger partial charge in [0.15, 0.2) is 0 Å². The van der Waals surface area contributed by atoms with Crippen LogP contribution in [0.25, 0.3) is 0 Å². The van der Waals surface area contributed by atoms with Crippen molar-refractivity contribution in [3.8, 4) is 0 Å². The predicted octanol–water partition coefficient (Wildman–Crippen LogP) is 3.32. The zero-order valence-corrected chi connectivity index (χ0v) is 17.7. The quantitative estimate of drug-likeness (QED) is 0.512. The molecule has 1 amide bonds. The van der Waals surface area contributed by atoms with E-state index in [0.29, 0.717) is 5.69 Å². The summed E-state index contributed by atoms with van der Waals surface area (Å²) in [6.07, 6.45) is 3.26. The third-order valence-corrected chi connectivity index (χ3v) is 5.62. The number of pyridine rings is 1. The highest BCUT2D eigenvalue weighted by Crippen LogP contribution is 2.34. The highest BCUT2D eigenvalue weighted by atomic mass is 35.5. The number of halogens is 2. The third kappa shape index (κ3) is 6.29. The van der Waals surface area contributed by atoms with Crippen molar-refractivity contribution in [3.05, 3.63) is 23.0 Å². The fourth-order valence-electron chi connectivity index (χ4n) is 3.42. The lowest BCUT2D eigenvalue weighted by atomic mass is 9.77. The molecule has 0 saturated heterocycles. The van der Waals surface area contributed by atoms with Crippen LogP contribution in [0.4, 0.5) is 10.1 Å². The summed E-state index contributed by atoms with van der Waals surface area (Å²) in [5, 5.41) is 26.0. The Morgan fingerprint density at radius 2 is 1.89 bits per heavy atom. The molecule has 1 aromatic rings. The van der Waals surface area contributed by atoms with Crippen molar-refractivity contribution in [2.75, 3.05) is 11.9 Å². The van der Waals surface area contributed by atoms with Crippen LogP contribution in [0, 0.1) is 5.92 Å². The van der Waals surface area contributed by atoms with Gasteiger partial charge in [-0.1, -0.05) is 11.6 Å². The van der Waals surface area contributed by atoms with Gasteiger partial charge in [0.2, 0.25) is 0 Å². The van der Waals surface area contributed by atoms with Gasteiger partial charge in [-0.2, -0.15) is 0 Å². The third-order valence-electron chi connectivity index (χ3n) is 5.41. The van der Waals surface area contributed by atoms with Crippen molar-refractivity contribution in [2.45, 2.75) is 76.8 Å². The minimum Gasteiger partial charge on any atom is -0.390 e. The van der Waals surface area contributed by atoms with Crippen molar-refractivity contribution in [1.29, 1.82) is 0 Å². The Kier molecular flexibility index (Phi) is 7.28. The van der Waals surface area contributed by atoms with Gasteiger partial charge in [-0.15, -0.1) is 0 Å². The van der Waals surface area contributed by atoms with Crippen molar-refractivity contribution < 1.29 is 19.4 Å². The first-order valence-corrected chi connectivity index (χ1v) is 10.0. The lowest BCUT2D eigenvalue weighted by Crippen LogP contribution is -2.42. The van der Waals surface area contributed by atoms with E-state index in [4.69, 9.17) is 11.6 Å². The second kappa shape index (κ2) is 8.93. The second-order valence-corrected chi connectivity index (χ2v) is 9.12. The summed E-state index contributed by atoms with van der Waals surface area (Å²) < 4.78 is 13.9. The minimum atomic E-state index is -1.59. The Labute approximate surface area is 170 Å². The summed E-state index contributed by atoms with van der Waals surface area (Å²) >= 11 is 6.00. The Bertz CT molecular complexity index is 680. The van der Waals surface area contributed by atoms with Gasteiger partial charge in [0.05, 0.1) is 29.0 Å². The number of amides is 1. The smallest absolute Gasteiger partial charge is 0.255 e.